The van der Waals surface area contributed by atoms with Crippen molar-refractivity contribution in [3.8, 4) is 0 Å². The molecule has 0 unspecified atom stereocenters. The van der Waals surface area contributed by atoms with Gasteiger partial charge < -0.3 is 15.7 Å². The number of carbonyl (C=O) groups is 2. The van der Waals surface area contributed by atoms with Gasteiger partial charge in [-0.1, -0.05) is 35.3 Å². The van der Waals surface area contributed by atoms with E-state index in [0.29, 0.717) is 15.7 Å². The molecule has 0 aromatic heterocycles. The highest BCUT2D eigenvalue weighted by Crippen LogP contribution is 2.25. The van der Waals surface area contributed by atoms with Crippen molar-refractivity contribution < 1.29 is 14.7 Å². The number of carboxylic acids is 1. The van der Waals surface area contributed by atoms with Crippen LogP contribution >= 0.6 is 23.2 Å². The normalized spacial score (nSPS) is 10.0. The molecular formula is C14H10Cl2N2O3. The van der Waals surface area contributed by atoms with Crippen molar-refractivity contribution in [3.63, 3.8) is 0 Å². The molecule has 0 aliphatic rings. The number of carbonyl (C=O) groups excluding carboxylic acids is 1. The number of anilines is 2. The number of aromatic carboxylic acids is 1. The van der Waals surface area contributed by atoms with E-state index in [0.717, 1.165) is 0 Å². The average Bonchev–Trinajstić information content (AvgIpc) is 2.43. The van der Waals surface area contributed by atoms with Crippen LogP contribution < -0.4 is 10.6 Å². The maximum Gasteiger partial charge on any atom is 0.337 e. The summed E-state index contributed by atoms with van der Waals surface area (Å²) in [5.74, 6) is -1.13. The molecule has 2 aromatic rings. The van der Waals surface area contributed by atoms with Crippen LogP contribution in [0, 0.1) is 0 Å². The second kappa shape index (κ2) is 6.47. The van der Waals surface area contributed by atoms with Crippen LogP contribution in [0.2, 0.25) is 10.0 Å². The summed E-state index contributed by atoms with van der Waals surface area (Å²) in [7, 11) is 0. The number of rotatable bonds is 3. The lowest BCUT2D eigenvalue weighted by Crippen LogP contribution is -2.21. The molecule has 2 aromatic carbocycles. The quantitative estimate of drug-likeness (QED) is 0.785. The highest BCUT2D eigenvalue weighted by atomic mass is 35.5. The lowest BCUT2D eigenvalue weighted by molar-refractivity contribution is 0.0698. The molecule has 3 N–H and O–H groups in total. The summed E-state index contributed by atoms with van der Waals surface area (Å²) in [5, 5.41) is 14.7. The zero-order valence-electron chi connectivity index (χ0n) is 10.6. The van der Waals surface area contributed by atoms with Gasteiger partial charge in [0, 0.05) is 5.02 Å². The maximum absolute atomic E-state index is 11.9. The third-order valence-electron chi connectivity index (χ3n) is 2.58. The van der Waals surface area contributed by atoms with Crippen LogP contribution in [0.15, 0.2) is 42.5 Å². The van der Waals surface area contributed by atoms with E-state index in [4.69, 9.17) is 28.3 Å². The zero-order valence-corrected chi connectivity index (χ0v) is 12.1. The lowest BCUT2D eigenvalue weighted by atomic mass is 10.2. The first-order valence-electron chi connectivity index (χ1n) is 5.83. The van der Waals surface area contributed by atoms with Gasteiger partial charge >= 0.3 is 12.0 Å². The number of para-hydroxylation sites is 1. The summed E-state index contributed by atoms with van der Waals surface area (Å²) in [4.78, 5) is 23.0. The number of carboxylic acid groups (broad SMARTS) is 1. The molecular weight excluding hydrogens is 315 g/mol. The summed E-state index contributed by atoms with van der Waals surface area (Å²) in [5.41, 5.74) is 0.500. The maximum atomic E-state index is 11.9. The molecule has 0 aliphatic carbocycles. The van der Waals surface area contributed by atoms with Crippen LogP contribution in [-0.4, -0.2) is 17.1 Å². The van der Waals surface area contributed by atoms with E-state index in [9.17, 15) is 9.59 Å². The minimum atomic E-state index is -1.13. The second-order valence-electron chi connectivity index (χ2n) is 4.05. The van der Waals surface area contributed by atoms with Gasteiger partial charge in [0.2, 0.25) is 0 Å². The Morgan fingerprint density at radius 2 is 1.62 bits per heavy atom. The Hall–Kier alpha value is -2.24. The Bertz CT molecular complexity index is 704. The van der Waals surface area contributed by atoms with Crippen molar-refractivity contribution >= 4 is 46.6 Å². The summed E-state index contributed by atoms with van der Waals surface area (Å²) < 4.78 is 0. The zero-order chi connectivity index (χ0) is 15.4. The summed E-state index contributed by atoms with van der Waals surface area (Å²) in [6.45, 7) is 0. The second-order valence-corrected chi connectivity index (χ2v) is 4.90. The van der Waals surface area contributed by atoms with Gasteiger partial charge in [-0.3, -0.25) is 0 Å². The predicted octanol–water partition coefficient (Wildman–Crippen LogP) is 4.34. The molecule has 0 aliphatic heterocycles. The predicted molar refractivity (Wildman–Crippen MR) is 82.5 cm³/mol. The van der Waals surface area contributed by atoms with Gasteiger partial charge in [0.1, 0.15) is 0 Å². The minimum absolute atomic E-state index is 0.00941. The highest BCUT2D eigenvalue weighted by molar-refractivity contribution is 6.35. The van der Waals surface area contributed by atoms with Crippen LogP contribution in [0.1, 0.15) is 10.4 Å². The van der Waals surface area contributed by atoms with Crippen molar-refractivity contribution in [2.45, 2.75) is 0 Å². The fourth-order valence-electron chi connectivity index (χ4n) is 1.65. The molecule has 0 radical (unpaired) electrons. The number of halogens is 2. The van der Waals surface area contributed by atoms with Crippen molar-refractivity contribution in [2.75, 3.05) is 10.6 Å². The van der Waals surface area contributed by atoms with E-state index in [1.807, 2.05) is 0 Å². The number of nitrogens with one attached hydrogen (secondary N) is 2. The molecule has 0 saturated heterocycles. The van der Waals surface area contributed by atoms with Crippen LogP contribution in [-0.2, 0) is 0 Å². The van der Waals surface area contributed by atoms with Crippen LogP contribution in [0.25, 0.3) is 0 Å². The fourth-order valence-corrected chi connectivity index (χ4v) is 1.98. The molecule has 2 amide bonds. The molecule has 2 rings (SSSR count). The van der Waals surface area contributed by atoms with E-state index in [2.05, 4.69) is 10.6 Å². The van der Waals surface area contributed by atoms with Gasteiger partial charge in [0.15, 0.2) is 0 Å². The largest absolute Gasteiger partial charge is 0.478 e. The number of urea groups is 1. The van der Waals surface area contributed by atoms with E-state index in [-0.39, 0.29) is 11.3 Å². The fraction of sp³-hybridized carbons (Fsp3) is 0. The Morgan fingerprint density at radius 1 is 0.952 bits per heavy atom. The van der Waals surface area contributed by atoms with Gasteiger partial charge in [0.05, 0.1) is 22.0 Å². The lowest BCUT2D eigenvalue weighted by Gasteiger charge is -2.11. The third-order valence-corrected chi connectivity index (χ3v) is 3.15. The molecule has 0 heterocycles. The van der Waals surface area contributed by atoms with E-state index >= 15 is 0 Å². The van der Waals surface area contributed by atoms with Gasteiger partial charge in [-0.2, -0.15) is 0 Å². The molecule has 0 atom stereocenters. The Labute approximate surface area is 130 Å². The molecule has 21 heavy (non-hydrogen) atoms. The van der Waals surface area contributed by atoms with Crippen LogP contribution in [0.4, 0.5) is 16.2 Å². The van der Waals surface area contributed by atoms with Crippen LogP contribution in [0.5, 0.6) is 0 Å². The molecule has 108 valence electrons. The smallest absolute Gasteiger partial charge is 0.337 e. The van der Waals surface area contributed by atoms with Crippen molar-refractivity contribution in [2.24, 2.45) is 0 Å². The molecule has 0 fully saturated rings. The summed E-state index contributed by atoms with van der Waals surface area (Å²) in [6, 6.07) is 10.1. The SMILES string of the molecule is O=C(Nc1cc(Cl)ccc1Cl)Nc1ccccc1C(=O)O. The van der Waals surface area contributed by atoms with Crippen LogP contribution in [0.3, 0.4) is 0 Å². The summed E-state index contributed by atoms with van der Waals surface area (Å²) >= 11 is 11.7. The Morgan fingerprint density at radius 3 is 2.33 bits per heavy atom. The number of benzene rings is 2. The number of hydrogen-bond acceptors (Lipinski definition) is 2. The van der Waals surface area contributed by atoms with Crippen molar-refractivity contribution in [3.05, 3.63) is 58.1 Å². The average molecular weight is 325 g/mol. The standard InChI is InChI=1S/C14H10Cl2N2O3/c15-8-5-6-10(16)12(7-8)18-14(21)17-11-4-2-1-3-9(11)13(19)20/h1-7H,(H,19,20)(H2,17,18,21). The van der Waals surface area contributed by atoms with Gasteiger partial charge in [-0.25, -0.2) is 9.59 Å². The number of hydrogen-bond donors (Lipinski definition) is 3. The van der Waals surface area contributed by atoms with E-state index < -0.39 is 12.0 Å². The highest BCUT2D eigenvalue weighted by Gasteiger charge is 2.12. The first-order valence-corrected chi connectivity index (χ1v) is 6.58. The Kier molecular flexibility index (Phi) is 4.67. The molecule has 0 spiro atoms. The van der Waals surface area contributed by atoms with Gasteiger partial charge in [-0.15, -0.1) is 0 Å². The summed E-state index contributed by atoms with van der Waals surface area (Å²) in [6.07, 6.45) is 0. The topological polar surface area (TPSA) is 78.4 Å². The third kappa shape index (κ3) is 3.87. The minimum Gasteiger partial charge on any atom is -0.478 e. The molecule has 7 heteroatoms. The van der Waals surface area contributed by atoms with Gasteiger partial charge in [-0.05, 0) is 30.3 Å². The van der Waals surface area contributed by atoms with Gasteiger partial charge in [0.25, 0.3) is 0 Å². The monoisotopic (exact) mass is 324 g/mol. The molecule has 0 bridgehead atoms. The molecule has 0 saturated carbocycles. The van der Waals surface area contributed by atoms with Crippen molar-refractivity contribution in [1.29, 1.82) is 0 Å². The number of amides is 2. The first kappa shape index (κ1) is 15.2. The van der Waals surface area contributed by atoms with E-state index in [1.165, 1.54) is 18.2 Å². The Balaban J connectivity index is 2.16. The first-order chi connectivity index (χ1) is 9.97. The van der Waals surface area contributed by atoms with E-state index in [1.54, 1.807) is 24.3 Å². The van der Waals surface area contributed by atoms with Crippen molar-refractivity contribution in [1.82, 2.24) is 0 Å². The molecule has 5 nitrogen and oxygen atoms in total.